The summed E-state index contributed by atoms with van der Waals surface area (Å²) in [4.78, 5) is 11.2. The summed E-state index contributed by atoms with van der Waals surface area (Å²) in [6.07, 6.45) is 1.80. The van der Waals surface area contributed by atoms with E-state index in [4.69, 9.17) is 0 Å². The molecule has 0 fully saturated rings. The summed E-state index contributed by atoms with van der Waals surface area (Å²) in [7, 11) is 0. The number of carbonyl (C=O) groups excluding carboxylic acids is 1. The van der Waals surface area contributed by atoms with Gasteiger partial charge in [0.25, 0.3) is 0 Å². The first-order chi connectivity index (χ1) is 10.2. The van der Waals surface area contributed by atoms with E-state index < -0.39 is 0 Å². The lowest BCUT2D eigenvalue weighted by Gasteiger charge is -2.12. The number of carbonyl (C=O) groups is 1. The van der Waals surface area contributed by atoms with Crippen LogP contribution in [0.15, 0.2) is 48.7 Å². The van der Waals surface area contributed by atoms with Gasteiger partial charge in [0.2, 0.25) is 5.91 Å². The molecule has 0 unspecified atom stereocenters. The van der Waals surface area contributed by atoms with E-state index in [2.05, 4.69) is 20.8 Å². The maximum Gasteiger partial charge on any atom is 0.221 e. The fraction of sp³-hybridized carbons (Fsp3) is 0.125. The smallest absolute Gasteiger partial charge is 0.221 e. The Hall–Kier alpha value is -2.82. The fourth-order valence-corrected chi connectivity index (χ4v) is 2.30. The Kier molecular flexibility index (Phi) is 3.55. The number of rotatable bonds is 4. The molecule has 0 spiro atoms. The predicted molar refractivity (Wildman–Crippen MR) is 84.2 cm³/mol. The normalized spacial score (nSPS) is 10.5. The molecule has 0 radical (unpaired) electrons. The van der Waals surface area contributed by atoms with Crippen molar-refractivity contribution in [1.29, 1.82) is 0 Å². The van der Waals surface area contributed by atoms with Crippen molar-refractivity contribution in [2.75, 3.05) is 10.6 Å². The molecule has 1 amide bonds. The molecule has 5 nitrogen and oxygen atoms in total. The monoisotopic (exact) mass is 280 g/mol. The average molecular weight is 280 g/mol. The van der Waals surface area contributed by atoms with Gasteiger partial charge < -0.3 is 10.6 Å². The average Bonchev–Trinajstić information content (AvgIpc) is 2.95. The second-order valence-corrected chi connectivity index (χ2v) is 4.83. The summed E-state index contributed by atoms with van der Waals surface area (Å²) in [6, 6.07) is 13.7. The largest absolute Gasteiger partial charge is 0.380 e. The van der Waals surface area contributed by atoms with Gasteiger partial charge in [-0.15, -0.1) is 0 Å². The van der Waals surface area contributed by atoms with Gasteiger partial charge in [0, 0.05) is 30.2 Å². The number of hydrogen-bond donors (Lipinski definition) is 3. The Labute approximate surface area is 122 Å². The van der Waals surface area contributed by atoms with E-state index in [-0.39, 0.29) is 5.91 Å². The van der Waals surface area contributed by atoms with Gasteiger partial charge in [0.05, 0.1) is 11.7 Å². The van der Waals surface area contributed by atoms with E-state index in [0.717, 1.165) is 27.8 Å². The minimum absolute atomic E-state index is 0.0700. The Morgan fingerprint density at radius 2 is 1.95 bits per heavy atom. The third kappa shape index (κ3) is 2.86. The zero-order chi connectivity index (χ0) is 14.7. The Balaban J connectivity index is 1.82. The first kappa shape index (κ1) is 13.2. The second kappa shape index (κ2) is 5.66. The van der Waals surface area contributed by atoms with E-state index in [9.17, 15) is 4.79 Å². The molecule has 3 rings (SSSR count). The SMILES string of the molecule is CC(=O)Nc1ccccc1CNc1cccc2[nH]ncc12. The van der Waals surface area contributed by atoms with Crippen LogP contribution in [0.3, 0.4) is 0 Å². The molecule has 5 heteroatoms. The Morgan fingerprint density at radius 1 is 1.14 bits per heavy atom. The lowest BCUT2D eigenvalue weighted by atomic mass is 10.1. The summed E-state index contributed by atoms with van der Waals surface area (Å²) in [6.45, 7) is 2.14. The topological polar surface area (TPSA) is 69.8 Å². The first-order valence-electron chi connectivity index (χ1n) is 6.75. The van der Waals surface area contributed by atoms with E-state index in [1.807, 2.05) is 42.5 Å². The second-order valence-electron chi connectivity index (χ2n) is 4.83. The van der Waals surface area contributed by atoms with Crippen molar-refractivity contribution in [2.45, 2.75) is 13.5 Å². The van der Waals surface area contributed by atoms with Gasteiger partial charge in [-0.2, -0.15) is 5.10 Å². The molecule has 21 heavy (non-hydrogen) atoms. The van der Waals surface area contributed by atoms with Crippen molar-refractivity contribution >= 4 is 28.2 Å². The highest BCUT2D eigenvalue weighted by atomic mass is 16.1. The Bertz CT molecular complexity index is 779. The highest BCUT2D eigenvalue weighted by molar-refractivity contribution is 5.91. The molecular formula is C16H16N4O. The molecule has 1 heterocycles. The van der Waals surface area contributed by atoms with Crippen molar-refractivity contribution in [2.24, 2.45) is 0 Å². The molecule has 0 atom stereocenters. The molecular weight excluding hydrogens is 264 g/mol. The number of para-hydroxylation sites is 1. The Morgan fingerprint density at radius 3 is 2.81 bits per heavy atom. The molecule has 2 aromatic carbocycles. The fourth-order valence-electron chi connectivity index (χ4n) is 2.30. The standard InChI is InChI=1S/C16H16N4O/c1-11(21)19-14-6-3-2-5-12(14)9-17-15-7-4-8-16-13(15)10-18-20-16/h2-8,10,17H,9H2,1H3,(H,18,20)(H,19,21). The maximum absolute atomic E-state index is 11.2. The molecule has 106 valence electrons. The van der Waals surface area contributed by atoms with Crippen LogP contribution in [0.2, 0.25) is 0 Å². The minimum atomic E-state index is -0.0700. The van der Waals surface area contributed by atoms with Gasteiger partial charge in [0.15, 0.2) is 0 Å². The number of hydrogen-bond acceptors (Lipinski definition) is 3. The summed E-state index contributed by atoms with van der Waals surface area (Å²) in [5.74, 6) is -0.0700. The zero-order valence-corrected chi connectivity index (χ0v) is 11.7. The van der Waals surface area contributed by atoms with Crippen LogP contribution in [0.25, 0.3) is 10.9 Å². The van der Waals surface area contributed by atoms with Crippen molar-refractivity contribution < 1.29 is 4.79 Å². The van der Waals surface area contributed by atoms with Crippen LogP contribution in [-0.4, -0.2) is 16.1 Å². The van der Waals surface area contributed by atoms with Crippen LogP contribution in [0.4, 0.5) is 11.4 Å². The number of H-pyrrole nitrogens is 1. The van der Waals surface area contributed by atoms with Gasteiger partial charge in [-0.05, 0) is 23.8 Å². The van der Waals surface area contributed by atoms with Gasteiger partial charge in [-0.25, -0.2) is 0 Å². The minimum Gasteiger partial charge on any atom is -0.380 e. The third-order valence-electron chi connectivity index (χ3n) is 3.28. The number of nitrogens with zero attached hydrogens (tertiary/aromatic N) is 1. The summed E-state index contributed by atoms with van der Waals surface area (Å²) in [5.41, 5.74) is 3.87. The van der Waals surface area contributed by atoms with Crippen LogP contribution in [0, 0.1) is 0 Å². The van der Waals surface area contributed by atoms with Crippen LogP contribution >= 0.6 is 0 Å². The van der Waals surface area contributed by atoms with Gasteiger partial charge in [-0.1, -0.05) is 24.3 Å². The molecule has 0 saturated heterocycles. The van der Waals surface area contributed by atoms with E-state index >= 15 is 0 Å². The zero-order valence-electron chi connectivity index (χ0n) is 11.7. The van der Waals surface area contributed by atoms with E-state index in [0.29, 0.717) is 6.54 Å². The third-order valence-corrected chi connectivity index (χ3v) is 3.28. The van der Waals surface area contributed by atoms with Gasteiger partial charge in [0.1, 0.15) is 0 Å². The highest BCUT2D eigenvalue weighted by Gasteiger charge is 2.05. The first-order valence-corrected chi connectivity index (χ1v) is 6.75. The molecule has 0 saturated carbocycles. The molecule has 1 aromatic heterocycles. The molecule has 0 bridgehead atoms. The van der Waals surface area contributed by atoms with Gasteiger partial charge in [-0.3, -0.25) is 9.89 Å². The van der Waals surface area contributed by atoms with Crippen molar-refractivity contribution in [3.63, 3.8) is 0 Å². The summed E-state index contributed by atoms with van der Waals surface area (Å²) in [5, 5.41) is 14.3. The molecule has 0 aliphatic heterocycles. The number of anilines is 2. The van der Waals surface area contributed by atoms with Crippen molar-refractivity contribution in [1.82, 2.24) is 10.2 Å². The molecule has 0 aliphatic carbocycles. The molecule has 3 N–H and O–H groups in total. The number of fused-ring (bicyclic) bond motifs is 1. The lowest BCUT2D eigenvalue weighted by Crippen LogP contribution is -2.10. The van der Waals surface area contributed by atoms with Crippen LogP contribution < -0.4 is 10.6 Å². The maximum atomic E-state index is 11.2. The number of aromatic amines is 1. The number of aromatic nitrogens is 2. The van der Waals surface area contributed by atoms with Crippen LogP contribution in [0.5, 0.6) is 0 Å². The highest BCUT2D eigenvalue weighted by Crippen LogP contribution is 2.23. The van der Waals surface area contributed by atoms with Crippen LogP contribution in [0.1, 0.15) is 12.5 Å². The molecule has 3 aromatic rings. The van der Waals surface area contributed by atoms with Crippen molar-refractivity contribution in [3.05, 3.63) is 54.2 Å². The number of nitrogens with one attached hydrogen (secondary N) is 3. The molecule has 0 aliphatic rings. The van der Waals surface area contributed by atoms with Gasteiger partial charge >= 0.3 is 0 Å². The van der Waals surface area contributed by atoms with E-state index in [1.165, 1.54) is 6.92 Å². The summed E-state index contributed by atoms with van der Waals surface area (Å²) >= 11 is 0. The summed E-state index contributed by atoms with van der Waals surface area (Å²) < 4.78 is 0. The van der Waals surface area contributed by atoms with Crippen LogP contribution in [-0.2, 0) is 11.3 Å². The van der Waals surface area contributed by atoms with E-state index in [1.54, 1.807) is 6.20 Å². The predicted octanol–water partition coefficient (Wildman–Crippen LogP) is 3.13. The van der Waals surface area contributed by atoms with Crippen molar-refractivity contribution in [3.8, 4) is 0 Å². The number of amides is 1. The number of benzene rings is 2. The quantitative estimate of drug-likeness (QED) is 0.687. The lowest BCUT2D eigenvalue weighted by molar-refractivity contribution is -0.114.